The summed E-state index contributed by atoms with van der Waals surface area (Å²) in [6.07, 6.45) is 0.687. The molecule has 0 spiro atoms. The number of halogens is 1. The molecule has 3 N–H and O–H groups in total. The van der Waals surface area contributed by atoms with Crippen LogP contribution in [0, 0.1) is 12.7 Å². The summed E-state index contributed by atoms with van der Waals surface area (Å²) in [5.41, 5.74) is 8.36. The van der Waals surface area contributed by atoms with Gasteiger partial charge in [0.15, 0.2) is 0 Å². The van der Waals surface area contributed by atoms with Crippen LogP contribution in [0.25, 0.3) is 0 Å². The number of benzene rings is 1. The van der Waals surface area contributed by atoms with Gasteiger partial charge in [-0.25, -0.2) is 4.39 Å². The van der Waals surface area contributed by atoms with Crippen molar-refractivity contribution in [2.45, 2.75) is 46.2 Å². The molecule has 0 saturated carbocycles. The smallest absolute Gasteiger partial charge is 0.126 e. The maximum Gasteiger partial charge on any atom is 0.126 e. The Labute approximate surface area is 115 Å². The van der Waals surface area contributed by atoms with E-state index in [0.29, 0.717) is 12.0 Å². The highest BCUT2D eigenvalue weighted by molar-refractivity contribution is 5.57. The normalized spacial score (nSPS) is 12.8. The summed E-state index contributed by atoms with van der Waals surface area (Å²) in [6, 6.07) is 3.43. The van der Waals surface area contributed by atoms with Crippen molar-refractivity contribution in [3.05, 3.63) is 29.1 Å². The van der Waals surface area contributed by atoms with Gasteiger partial charge in [-0.3, -0.25) is 0 Å². The predicted molar refractivity (Wildman–Crippen MR) is 77.9 cm³/mol. The van der Waals surface area contributed by atoms with Crippen molar-refractivity contribution in [2.75, 3.05) is 18.1 Å². The molecular formula is C15H25FN2O. The first kappa shape index (κ1) is 15.9. The molecule has 108 valence electrons. The Morgan fingerprint density at radius 3 is 2.42 bits per heavy atom. The molecule has 0 aliphatic rings. The molecule has 1 atom stereocenters. The SMILES string of the molecule is Cc1cc(N(CCCO)C(C)C)c(C(C)N)cc1F. The number of nitrogens with two attached hydrogens (primary N) is 1. The van der Waals surface area contributed by atoms with Gasteiger partial charge in [-0.1, -0.05) is 0 Å². The molecule has 19 heavy (non-hydrogen) atoms. The molecule has 1 unspecified atom stereocenters. The summed E-state index contributed by atoms with van der Waals surface area (Å²) in [5, 5.41) is 9.01. The molecule has 0 aromatic heterocycles. The zero-order chi connectivity index (χ0) is 14.6. The third-order valence-corrected chi connectivity index (χ3v) is 3.29. The topological polar surface area (TPSA) is 49.5 Å². The van der Waals surface area contributed by atoms with Crippen molar-refractivity contribution in [3.8, 4) is 0 Å². The summed E-state index contributed by atoms with van der Waals surface area (Å²) in [4.78, 5) is 2.17. The fourth-order valence-electron chi connectivity index (χ4n) is 2.19. The molecule has 0 radical (unpaired) electrons. The Balaban J connectivity index is 3.23. The van der Waals surface area contributed by atoms with E-state index in [4.69, 9.17) is 10.8 Å². The summed E-state index contributed by atoms with van der Waals surface area (Å²) in [5.74, 6) is -0.220. The fraction of sp³-hybridized carbons (Fsp3) is 0.600. The van der Waals surface area contributed by atoms with Gasteiger partial charge in [-0.15, -0.1) is 0 Å². The molecule has 1 aromatic carbocycles. The maximum absolute atomic E-state index is 13.7. The van der Waals surface area contributed by atoms with Crippen LogP contribution in [0.3, 0.4) is 0 Å². The van der Waals surface area contributed by atoms with E-state index in [1.165, 1.54) is 6.07 Å². The summed E-state index contributed by atoms with van der Waals surface area (Å²) in [7, 11) is 0. The second-order valence-corrected chi connectivity index (χ2v) is 5.31. The van der Waals surface area contributed by atoms with Crippen molar-refractivity contribution in [3.63, 3.8) is 0 Å². The molecule has 0 bridgehead atoms. The first-order valence-corrected chi connectivity index (χ1v) is 6.81. The number of nitrogens with zero attached hydrogens (tertiary/aromatic N) is 1. The number of aryl methyl sites for hydroxylation is 1. The van der Waals surface area contributed by atoms with E-state index in [2.05, 4.69) is 18.7 Å². The second kappa shape index (κ2) is 6.87. The molecule has 0 aliphatic carbocycles. The minimum atomic E-state index is -0.222. The van der Waals surface area contributed by atoms with Gasteiger partial charge >= 0.3 is 0 Å². The molecule has 0 aliphatic heterocycles. The third kappa shape index (κ3) is 3.91. The fourth-order valence-corrected chi connectivity index (χ4v) is 2.19. The van der Waals surface area contributed by atoms with Crippen LogP contribution >= 0.6 is 0 Å². The van der Waals surface area contributed by atoms with Crippen LogP contribution in [0.1, 0.15) is 44.4 Å². The van der Waals surface area contributed by atoms with Gasteiger partial charge in [-0.05, 0) is 57.4 Å². The van der Waals surface area contributed by atoms with E-state index in [9.17, 15) is 4.39 Å². The molecule has 0 fully saturated rings. The average molecular weight is 268 g/mol. The monoisotopic (exact) mass is 268 g/mol. The second-order valence-electron chi connectivity index (χ2n) is 5.31. The lowest BCUT2D eigenvalue weighted by Crippen LogP contribution is -2.33. The van der Waals surface area contributed by atoms with Crippen molar-refractivity contribution in [1.29, 1.82) is 0 Å². The van der Waals surface area contributed by atoms with Crippen LogP contribution in [0.2, 0.25) is 0 Å². The van der Waals surface area contributed by atoms with Gasteiger partial charge in [0.1, 0.15) is 5.82 Å². The Hall–Kier alpha value is -1.13. The van der Waals surface area contributed by atoms with Crippen LogP contribution in [-0.4, -0.2) is 24.3 Å². The summed E-state index contributed by atoms with van der Waals surface area (Å²) in [6.45, 7) is 8.67. The van der Waals surface area contributed by atoms with E-state index in [1.54, 1.807) is 6.92 Å². The standard InChI is InChI=1S/C15H25FN2O/c1-10(2)18(6-5-7-19)15-8-11(3)14(16)9-13(15)12(4)17/h8-10,12,19H,5-7,17H2,1-4H3. The van der Waals surface area contributed by atoms with Crippen molar-refractivity contribution >= 4 is 5.69 Å². The Kier molecular flexibility index (Phi) is 5.76. The summed E-state index contributed by atoms with van der Waals surface area (Å²) >= 11 is 0. The molecular weight excluding hydrogens is 243 g/mol. The van der Waals surface area contributed by atoms with Crippen LogP contribution in [0.4, 0.5) is 10.1 Å². The van der Waals surface area contributed by atoms with Crippen molar-refractivity contribution in [2.24, 2.45) is 5.73 Å². The van der Waals surface area contributed by atoms with Crippen LogP contribution in [-0.2, 0) is 0 Å². The van der Waals surface area contributed by atoms with E-state index >= 15 is 0 Å². The number of anilines is 1. The lowest BCUT2D eigenvalue weighted by molar-refractivity contribution is 0.288. The molecule has 0 heterocycles. The highest BCUT2D eigenvalue weighted by Crippen LogP contribution is 2.29. The third-order valence-electron chi connectivity index (χ3n) is 3.29. The largest absolute Gasteiger partial charge is 0.396 e. The van der Waals surface area contributed by atoms with Gasteiger partial charge < -0.3 is 15.7 Å². The Bertz CT molecular complexity index is 419. The molecule has 3 nitrogen and oxygen atoms in total. The maximum atomic E-state index is 13.7. The number of aliphatic hydroxyl groups excluding tert-OH is 1. The first-order valence-electron chi connectivity index (χ1n) is 6.81. The molecule has 0 saturated heterocycles. The molecule has 4 heteroatoms. The van der Waals surface area contributed by atoms with Crippen molar-refractivity contribution < 1.29 is 9.50 Å². The van der Waals surface area contributed by atoms with E-state index in [1.807, 2.05) is 13.0 Å². The lowest BCUT2D eigenvalue weighted by Gasteiger charge is -2.32. The van der Waals surface area contributed by atoms with Crippen LogP contribution in [0.15, 0.2) is 12.1 Å². The highest BCUT2D eigenvalue weighted by Gasteiger charge is 2.18. The Morgan fingerprint density at radius 1 is 1.32 bits per heavy atom. The Morgan fingerprint density at radius 2 is 1.95 bits per heavy atom. The predicted octanol–water partition coefficient (Wildman–Crippen LogP) is 2.75. The van der Waals surface area contributed by atoms with E-state index < -0.39 is 0 Å². The first-order chi connectivity index (χ1) is 8.88. The van der Waals surface area contributed by atoms with E-state index in [0.717, 1.165) is 17.8 Å². The van der Waals surface area contributed by atoms with Gasteiger partial charge in [0.25, 0.3) is 0 Å². The quantitative estimate of drug-likeness (QED) is 0.834. The zero-order valence-corrected chi connectivity index (χ0v) is 12.3. The summed E-state index contributed by atoms with van der Waals surface area (Å²) < 4.78 is 13.7. The van der Waals surface area contributed by atoms with Gasteiger partial charge in [-0.2, -0.15) is 0 Å². The van der Waals surface area contributed by atoms with Gasteiger partial charge in [0, 0.05) is 30.9 Å². The van der Waals surface area contributed by atoms with Crippen LogP contribution < -0.4 is 10.6 Å². The molecule has 1 rings (SSSR count). The number of hydrogen-bond donors (Lipinski definition) is 2. The minimum absolute atomic E-state index is 0.150. The van der Waals surface area contributed by atoms with Gasteiger partial charge in [0.2, 0.25) is 0 Å². The van der Waals surface area contributed by atoms with E-state index in [-0.39, 0.29) is 24.5 Å². The number of aliphatic hydroxyl groups is 1. The highest BCUT2D eigenvalue weighted by atomic mass is 19.1. The van der Waals surface area contributed by atoms with Crippen molar-refractivity contribution in [1.82, 2.24) is 0 Å². The van der Waals surface area contributed by atoms with Crippen LogP contribution in [0.5, 0.6) is 0 Å². The molecule has 0 amide bonds. The molecule has 1 aromatic rings. The zero-order valence-electron chi connectivity index (χ0n) is 12.3. The number of hydrogen-bond acceptors (Lipinski definition) is 3. The van der Waals surface area contributed by atoms with Gasteiger partial charge in [0.05, 0.1) is 0 Å². The minimum Gasteiger partial charge on any atom is -0.396 e. The average Bonchev–Trinajstić information content (AvgIpc) is 2.32. The number of rotatable bonds is 6. The lowest BCUT2D eigenvalue weighted by atomic mass is 10.0.